The van der Waals surface area contributed by atoms with Crippen LogP contribution in [0.3, 0.4) is 0 Å². The Hall–Kier alpha value is -1.52. The van der Waals surface area contributed by atoms with Gasteiger partial charge >= 0.3 is 5.97 Å². The van der Waals surface area contributed by atoms with E-state index in [1.54, 1.807) is 6.08 Å². The van der Waals surface area contributed by atoms with Crippen molar-refractivity contribution in [3.63, 3.8) is 0 Å². The summed E-state index contributed by atoms with van der Waals surface area (Å²) in [5.41, 5.74) is 3.44. The third-order valence-electron chi connectivity index (χ3n) is 1.73. The SMILES string of the molecule is O=C(O)CONC(Cl)=CCc1ccccc1. The van der Waals surface area contributed by atoms with Gasteiger partial charge in [-0.2, -0.15) is 0 Å². The second-order valence-corrected chi connectivity index (χ2v) is 3.43. The van der Waals surface area contributed by atoms with E-state index in [9.17, 15) is 4.79 Å². The van der Waals surface area contributed by atoms with E-state index in [0.29, 0.717) is 6.42 Å². The molecule has 4 nitrogen and oxygen atoms in total. The molecule has 1 aromatic rings. The van der Waals surface area contributed by atoms with Crippen molar-refractivity contribution in [2.75, 3.05) is 6.61 Å². The van der Waals surface area contributed by atoms with E-state index >= 15 is 0 Å². The summed E-state index contributed by atoms with van der Waals surface area (Å²) in [6, 6.07) is 9.75. The Morgan fingerprint density at radius 2 is 2.12 bits per heavy atom. The van der Waals surface area contributed by atoms with Crippen molar-refractivity contribution in [1.82, 2.24) is 5.48 Å². The summed E-state index contributed by atoms with van der Waals surface area (Å²) in [5.74, 6) is -1.06. The summed E-state index contributed by atoms with van der Waals surface area (Å²) < 4.78 is 0. The summed E-state index contributed by atoms with van der Waals surface area (Å²) >= 11 is 5.75. The van der Waals surface area contributed by atoms with Crippen LogP contribution >= 0.6 is 11.6 Å². The molecule has 0 aromatic heterocycles. The number of halogens is 1. The predicted molar refractivity (Wildman–Crippen MR) is 60.8 cm³/mol. The van der Waals surface area contributed by atoms with Crippen LogP contribution in [-0.4, -0.2) is 17.7 Å². The Bertz CT molecular complexity index is 365. The fraction of sp³-hybridized carbons (Fsp3) is 0.182. The van der Waals surface area contributed by atoms with Gasteiger partial charge in [0.15, 0.2) is 6.61 Å². The van der Waals surface area contributed by atoms with Gasteiger partial charge in [-0.1, -0.05) is 41.9 Å². The first-order chi connectivity index (χ1) is 7.68. The van der Waals surface area contributed by atoms with Gasteiger partial charge in [0.25, 0.3) is 0 Å². The lowest BCUT2D eigenvalue weighted by Gasteiger charge is -2.03. The van der Waals surface area contributed by atoms with E-state index in [4.69, 9.17) is 16.7 Å². The monoisotopic (exact) mass is 241 g/mol. The molecule has 0 unspecified atom stereocenters. The number of benzene rings is 1. The van der Waals surface area contributed by atoms with Crippen LogP contribution in [0.1, 0.15) is 5.56 Å². The number of hydroxylamine groups is 1. The van der Waals surface area contributed by atoms with Crippen molar-refractivity contribution in [2.24, 2.45) is 0 Å². The zero-order valence-electron chi connectivity index (χ0n) is 8.52. The van der Waals surface area contributed by atoms with Crippen molar-refractivity contribution in [1.29, 1.82) is 0 Å². The number of carboxylic acids is 1. The molecule has 16 heavy (non-hydrogen) atoms. The van der Waals surface area contributed by atoms with Crippen LogP contribution < -0.4 is 5.48 Å². The highest BCUT2D eigenvalue weighted by Gasteiger charge is 1.97. The normalized spacial score (nSPS) is 11.2. The Morgan fingerprint density at radius 3 is 2.75 bits per heavy atom. The Kier molecular flexibility index (Phi) is 5.39. The van der Waals surface area contributed by atoms with Crippen LogP contribution in [0.5, 0.6) is 0 Å². The minimum Gasteiger partial charge on any atom is -0.479 e. The highest BCUT2D eigenvalue weighted by molar-refractivity contribution is 6.29. The van der Waals surface area contributed by atoms with Gasteiger partial charge in [-0.05, 0) is 18.1 Å². The number of hydrogen-bond acceptors (Lipinski definition) is 3. The van der Waals surface area contributed by atoms with Gasteiger partial charge in [0.2, 0.25) is 0 Å². The van der Waals surface area contributed by atoms with Crippen LogP contribution in [-0.2, 0) is 16.1 Å². The molecule has 0 fully saturated rings. The number of carbonyl (C=O) groups is 1. The Labute approximate surface area is 98.4 Å². The van der Waals surface area contributed by atoms with Gasteiger partial charge in [0, 0.05) is 0 Å². The standard InChI is InChI=1S/C11H12ClNO3/c12-10(13-16-8-11(14)15)7-6-9-4-2-1-3-5-9/h1-5,7,13H,6,8H2,(H,14,15). The molecule has 5 heteroatoms. The van der Waals surface area contributed by atoms with Crippen LogP contribution in [0.4, 0.5) is 0 Å². The topological polar surface area (TPSA) is 58.6 Å². The molecule has 0 radical (unpaired) electrons. The number of hydrogen-bond donors (Lipinski definition) is 2. The minimum absolute atomic E-state index is 0.269. The van der Waals surface area contributed by atoms with Gasteiger partial charge in [-0.15, -0.1) is 0 Å². The number of carboxylic acid groups (broad SMARTS) is 1. The van der Waals surface area contributed by atoms with Gasteiger partial charge in [0.1, 0.15) is 5.16 Å². The van der Waals surface area contributed by atoms with E-state index in [0.717, 1.165) is 5.56 Å². The summed E-state index contributed by atoms with van der Waals surface area (Å²) in [6.07, 6.45) is 2.36. The van der Waals surface area contributed by atoms with Crippen molar-refractivity contribution in [2.45, 2.75) is 6.42 Å². The molecule has 0 atom stereocenters. The van der Waals surface area contributed by atoms with E-state index in [1.807, 2.05) is 30.3 Å². The molecule has 0 amide bonds. The van der Waals surface area contributed by atoms with Crippen molar-refractivity contribution >= 4 is 17.6 Å². The van der Waals surface area contributed by atoms with Crippen LogP contribution in [0.25, 0.3) is 0 Å². The molecule has 0 saturated carbocycles. The molecule has 1 aromatic carbocycles. The molecule has 86 valence electrons. The van der Waals surface area contributed by atoms with Crippen molar-refractivity contribution in [3.05, 3.63) is 47.1 Å². The highest BCUT2D eigenvalue weighted by Crippen LogP contribution is 2.04. The molecule has 0 aliphatic rings. The number of allylic oxidation sites excluding steroid dienone is 1. The highest BCUT2D eigenvalue weighted by atomic mass is 35.5. The maximum atomic E-state index is 10.1. The number of rotatable bonds is 6. The van der Waals surface area contributed by atoms with Crippen molar-refractivity contribution in [3.8, 4) is 0 Å². The van der Waals surface area contributed by atoms with Crippen LogP contribution in [0, 0.1) is 0 Å². The second-order valence-electron chi connectivity index (χ2n) is 3.03. The van der Waals surface area contributed by atoms with E-state index in [1.165, 1.54) is 0 Å². The van der Waals surface area contributed by atoms with Gasteiger partial charge in [-0.3, -0.25) is 10.3 Å². The Morgan fingerprint density at radius 1 is 1.44 bits per heavy atom. The van der Waals surface area contributed by atoms with Gasteiger partial charge < -0.3 is 5.11 Å². The fourth-order valence-corrected chi connectivity index (χ4v) is 1.16. The average molecular weight is 242 g/mol. The zero-order valence-corrected chi connectivity index (χ0v) is 9.28. The summed E-state index contributed by atoms with van der Waals surface area (Å²) in [7, 11) is 0. The van der Waals surface area contributed by atoms with E-state index < -0.39 is 12.6 Å². The van der Waals surface area contributed by atoms with Crippen LogP contribution in [0.2, 0.25) is 0 Å². The van der Waals surface area contributed by atoms with Gasteiger partial charge in [-0.25, -0.2) is 4.79 Å². The lowest BCUT2D eigenvalue weighted by atomic mass is 10.1. The third kappa shape index (κ3) is 5.38. The maximum absolute atomic E-state index is 10.1. The second kappa shape index (κ2) is 6.87. The zero-order chi connectivity index (χ0) is 11.8. The molecule has 0 saturated heterocycles. The first kappa shape index (κ1) is 12.5. The minimum atomic E-state index is -1.06. The quantitative estimate of drug-likeness (QED) is 0.590. The number of nitrogens with one attached hydrogen (secondary N) is 1. The maximum Gasteiger partial charge on any atom is 0.332 e. The largest absolute Gasteiger partial charge is 0.479 e. The lowest BCUT2D eigenvalue weighted by molar-refractivity contribution is -0.144. The fourth-order valence-electron chi connectivity index (χ4n) is 1.03. The predicted octanol–water partition coefficient (Wildman–Crippen LogP) is 1.92. The Balaban J connectivity index is 2.31. The first-order valence-corrected chi connectivity index (χ1v) is 5.05. The molecule has 0 aliphatic carbocycles. The first-order valence-electron chi connectivity index (χ1n) is 4.67. The molecule has 0 heterocycles. The molecule has 1 rings (SSSR count). The van der Waals surface area contributed by atoms with E-state index in [2.05, 4.69) is 10.3 Å². The van der Waals surface area contributed by atoms with Crippen molar-refractivity contribution < 1.29 is 14.7 Å². The molecule has 0 aliphatic heterocycles. The van der Waals surface area contributed by atoms with Gasteiger partial charge in [0.05, 0.1) is 0 Å². The summed E-state index contributed by atoms with van der Waals surface area (Å²) in [5, 5.41) is 8.58. The lowest BCUT2D eigenvalue weighted by Crippen LogP contribution is -2.17. The van der Waals surface area contributed by atoms with Crippen LogP contribution in [0.15, 0.2) is 41.6 Å². The molecule has 0 bridgehead atoms. The summed E-state index contributed by atoms with van der Waals surface area (Å²) in [6.45, 7) is -0.435. The number of aliphatic carboxylic acids is 1. The smallest absolute Gasteiger partial charge is 0.332 e. The van der Waals surface area contributed by atoms with E-state index in [-0.39, 0.29) is 5.16 Å². The molecular weight excluding hydrogens is 230 g/mol. The molecule has 2 N–H and O–H groups in total. The average Bonchev–Trinajstić information content (AvgIpc) is 2.27. The molecule has 0 spiro atoms. The molecular formula is C11H12ClNO3. The third-order valence-corrected chi connectivity index (χ3v) is 1.96. The summed E-state index contributed by atoms with van der Waals surface area (Å²) in [4.78, 5) is 14.7.